The van der Waals surface area contributed by atoms with Crippen molar-refractivity contribution >= 4 is 32.7 Å². The van der Waals surface area contributed by atoms with Gasteiger partial charge in [-0.2, -0.15) is 0 Å². The third-order valence-electron chi connectivity index (χ3n) is 4.32. The van der Waals surface area contributed by atoms with E-state index in [1.807, 2.05) is 36.2 Å². The number of fused-ring (bicyclic) bond motifs is 2. The van der Waals surface area contributed by atoms with Crippen molar-refractivity contribution in [1.29, 1.82) is 0 Å². The zero-order chi connectivity index (χ0) is 17.4. The lowest BCUT2D eigenvalue weighted by molar-refractivity contribution is -0.00000747. The summed E-state index contributed by atoms with van der Waals surface area (Å²) in [6.07, 6.45) is 0.705. The molecule has 0 amide bonds. The van der Waals surface area contributed by atoms with Gasteiger partial charge in [0.2, 0.25) is 0 Å². The summed E-state index contributed by atoms with van der Waals surface area (Å²) in [5.74, 6) is 0.984. The van der Waals surface area contributed by atoms with Crippen molar-refractivity contribution in [3.63, 3.8) is 0 Å². The van der Waals surface area contributed by atoms with Crippen molar-refractivity contribution in [3.8, 4) is 0 Å². The molecule has 1 aliphatic rings. The molecule has 0 saturated carbocycles. The topological polar surface area (TPSA) is 66.4 Å². The second kappa shape index (κ2) is 7.09. The molecule has 0 atom stereocenters. The molecule has 0 saturated heterocycles. The number of anilines is 2. The molecule has 0 bridgehead atoms. The molecule has 8 heteroatoms. The van der Waals surface area contributed by atoms with Gasteiger partial charge in [-0.25, -0.2) is 22.7 Å². The molecule has 6 nitrogen and oxygen atoms in total. The molecule has 0 radical (unpaired) electrons. The highest BCUT2D eigenvalue weighted by Gasteiger charge is 2.31. The first-order chi connectivity index (χ1) is 12.1. The molecule has 136 valence electrons. The fourth-order valence-electron chi connectivity index (χ4n) is 3.02. The summed E-state index contributed by atoms with van der Waals surface area (Å²) < 4.78 is 27.8. The SMILES string of the molecule is CN1CCCN(S(=O)(=O)c2ccccc2)c2nc3ccccc3nc21.[Cl-]. The first kappa shape index (κ1) is 18.4. The van der Waals surface area contributed by atoms with E-state index >= 15 is 0 Å². The summed E-state index contributed by atoms with van der Waals surface area (Å²) in [4.78, 5) is 11.5. The number of hydrogen-bond donors (Lipinski definition) is 0. The average molecular weight is 390 g/mol. The summed E-state index contributed by atoms with van der Waals surface area (Å²) in [6.45, 7) is 1.10. The highest BCUT2D eigenvalue weighted by atomic mass is 35.5. The first-order valence-corrected chi connectivity index (χ1v) is 9.57. The average Bonchev–Trinajstić information content (AvgIpc) is 2.80. The van der Waals surface area contributed by atoms with Crippen LogP contribution in [-0.2, 0) is 10.0 Å². The highest BCUT2D eigenvalue weighted by Crippen LogP contribution is 2.33. The molecule has 3 aromatic rings. The van der Waals surface area contributed by atoms with Crippen LogP contribution in [-0.4, -0.2) is 38.5 Å². The van der Waals surface area contributed by atoms with Crippen LogP contribution in [0.2, 0.25) is 0 Å². The Morgan fingerprint density at radius 1 is 0.846 bits per heavy atom. The van der Waals surface area contributed by atoms with Gasteiger partial charge in [-0.05, 0) is 30.7 Å². The fraction of sp³-hybridized carbons (Fsp3) is 0.222. The van der Waals surface area contributed by atoms with Crippen LogP contribution in [0.5, 0.6) is 0 Å². The van der Waals surface area contributed by atoms with E-state index in [-0.39, 0.29) is 17.3 Å². The van der Waals surface area contributed by atoms with Crippen LogP contribution in [0.4, 0.5) is 11.6 Å². The molecular formula is C18H18ClN4O2S-. The quantitative estimate of drug-likeness (QED) is 0.600. The summed E-state index contributed by atoms with van der Waals surface area (Å²) in [5, 5.41) is 0. The summed E-state index contributed by atoms with van der Waals surface area (Å²) in [7, 11) is -1.77. The van der Waals surface area contributed by atoms with E-state index < -0.39 is 10.0 Å². The van der Waals surface area contributed by atoms with Crippen molar-refractivity contribution in [2.24, 2.45) is 0 Å². The van der Waals surface area contributed by atoms with E-state index in [0.29, 0.717) is 30.1 Å². The van der Waals surface area contributed by atoms with Gasteiger partial charge < -0.3 is 17.3 Å². The molecule has 1 aromatic heterocycles. The Balaban J connectivity index is 0.00000196. The minimum Gasteiger partial charge on any atom is -1.00 e. The number of halogens is 1. The number of benzene rings is 2. The van der Waals surface area contributed by atoms with Gasteiger partial charge in [0, 0.05) is 20.1 Å². The van der Waals surface area contributed by atoms with Crippen LogP contribution in [0.1, 0.15) is 6.42 Å². The Morgan fingerprint density at radius 2 is 1.42 bits per heavy atom. The van der Waals surface area contributed by atoms with E-state index in [4.69, 9.17) is 0 Å². The monoisotopic (exact) mass is 389 g/mol. The predicted octanol–water partition coefficient (Wildman–Crippen LogP) is -0.331. The number of nitrogens with zero attached hydrogens (tertiary/aromatic N) is 4. The van der Waals surface area contributed by atoms with Crippen LogP contribution < -0.4 is 21.6 Å². The maximum absolute atomic E-state index is 13.2. The van der Waals surface area contributed by atoms with E-state index in [1.165, 1.54) is 4.31 Å². The smallest absolute Gasteiger partial charge is 0.265 e. The minimum absolute atomic E-state index is 0. The second-order valence-electron chi connectivity index (χ2n) is 6.02. The van der Waals surface area contributed by atoms with Crippen molar-refractivity contribution in [1.82, 2.24) is 9.97 Å². The fourth-order valence-corrected chi connectivity index (χ4v) is 4.50. The molecule has 0 unspecified atom stereocenters. The van der Waals surface area contributed by atoms with Crippen molar-refractivity contribution < 1.29 is 20.8 Å². The van der Waals surface area contributed by atoms with Crippen molar-refractivity contribution in [2.75, 3.05) is 29.3 Å². The Hall–Kier alpha value is -2.38. The van der Waals surface area contributed by atoms with Gasteiger partial charge in [0.05, 0.1) is 15.9 Å². The summed E-state index contributed by atoms with van der Waals surface area (Å²) in [5.41, 5.74) is 1.44. The minimum atomic E-state index is -3.69. The number of rotatable bonds is 2. The third kappa shape index (κ3) is 3.08. The Kier molecular flexibility index (Phi) is 5.02. The van der Waals surface area contributed by atoms with E-state index in [9.17, 15) is 8.42 Å². The van der Waals surface area contributed by atoms with Gasteiger partial charge in [0.15, 0.2) is 11.6 Å². The van der Waals surface area contributed by atoms with Crippen molar-refractivity contribution in [3.05, 3.63) is 54.6 Å². The van der Waals surface area contributed by atoms with E-state index in [0.717, 1.165) is 12.1 Å². The molecule has 0 spiro atoms. The van der Waals surface area contributed by atoms with Crippen LogP contribution in [0.15, 0.2) is 59.5 Å². The molecule has 2 heterocycles. The molecule has 2 aromatic carbocycles. The maximum atomic E-state index is 13.2. The molecule has 1 aliphatic heterocycles. The van der Waals surface area contributed by atoms with Crippen LogP contribution in [0, 0.1) is 0 Å². The number of para-hydroxylation sites is 2. The molecule has 4 rings (SSSR count). The van der Waals surface area contributed by atoms with Gasteiger partial charge in [0.25, 0.3) is 10.0 Å². The Morgan fingerprint density at radius 3 is 2.08 bits per heavy atom. The van der Waals surface area contributed by atoms with Crippen LogP contribution >= 0.6 is 0 Å². The lowest BCUT2D eigenvalue weighted by atomic mass is 10.3. The predicted molar refractivity (Wildman–Crippen MR) is 98.4 cm³/mol. The summed E-state index contributed by atoms with van der Waals surface area (Å²) in [6, 6.07) is 16.0. The Bertz CT molecular complexity index is 1030. The van der Waals surface area contributed by atoms with Gasteiger partial charge in [-0.3, -0.25) is 0 Å². The third-order valence-corrected chi connectivity index (χ3v) is 6.12. The zero-order valence-corrected chi connectivity index (χ0v) is 15.8. The van der Waals surface area contributed by atoms with E-state index in [1.54, 1.807) is 30.3 Å². The largest absolute Gasteiger partial charge is 1.00 e. The second-order valence-corrected chi connectivity index (χ2v) is 7.89. The molecule has 26 heavy (non-hydrogen) atoms. The van der Waals surface area contributed by atoms with Crippen LogP contribution in [0.25, 0.3) is 11.0 Å². The number of sulfonamides is 1. The molecule has 0 N–H and O–H groups in total. The van der Waals surface area contributed by atoms with Gasteiger partial charge >= 0.3 is 0 Å². The van der Waals surface area contributed by atoms with Gasteiger partial charge in [-0.1, -0.05) is 30.3 Å². The van der Waals surface area contributed by atoms with E-state index in [2.05, 4.69) is 9.97 Å². The molecular weight excluding hydrogens is 372 g/mol. The lowest BCUT2D eigenvalue weighted by Gasteiger charge is -2.24. The normalized spacial score (nSPS) is 14.5. The maximum Gasteiger partial charge on any atom is 0.265 e. The zero-order valence-electron chi connectivity index (χ0n) is 14.2. The number of hydrogen-bond acceptors (Lipinski definition) is 5. The lowest BCUT2D eigenvalue weighted by Crippen LogP contribution is -3.00. The summed E-state index contributed by atoms with van der Waals surface area (Å²) >= 11 is 0. The van der Waals surface area contributed by atoms with Crippen LogP contribution in [0.3, 0.4) is 0 Å². The van der Waals surface area contributed by atoms with Gasteiger partial charge in [-0.15, -0.1) is 0 Å². The van der Waals surface area contributed by atoms with Gasteiger partial charge in [0.1, 0.15) is 0 Å². The molecule has 0 fully saturated rings. The Labute approximate surface area is 158 Å². The van der Waals surface area contributed by atoms with Crippen molar-refractivity contribution in [2.45, 2.75) is 11.3 Å². The highest BCUT2D eigenvalue weighted by molar-refractivity contribution is 7.92. The molecule has 0 aliphatic carbocycles. The first-order valence-electron chi connectivity index (χ1n) is 8.13. The number of aromatic nitrogens is 2. The standard InChI is InChI=1S/C18H18N4O2S.ClH/c1-21-12-7-13-22(25(23,24)14-8-3-2-4-9-14)18-17(21)19-15-10-5-6-11-16(15)20-18;/h2-6,8-11H,7,12-13H2,1H3;1H/p-1.